The van der Waals surface area contributed by atoms with Gasteiger partial charge in [-0.3, -0.25) is 19.1 Å². The van der Waals surface area contributed by atoms with E-state index in [9.17, 15) is 41.6 Å². The molecule has 330 valence electrons. The third-order valence-corrected chi connectivity index (χ3v) is 14.9. The quantitative estimate of drug-likeness (QED) is 0.181. The third-order valence-electron chi connectivity index (χ3n) is 12.7. The van der Waals surface area contributed by atoms with E-state index in [4.69, 9.17) is 9.47 Å². The van der Waals surface area contributed by atoms with Crippen molar-refractivity contribution in [3.8, 4) is 6.07 Å². The number of alkyl carbamates (subject to hydrolysis) is 1. The first kappa shape index (κ1) is 44.0. The second-order valence-electron chi connectivity index (χ2n) is 18.2. The summed E-state index contributed by atoms with van der Waals surface area (Å²) in [5.41, 5.74) is -2.65. The van der Waals surface area contributed by atoms with E-state index in [0.29, 0.717) is 19.1 Å². The second kappa shape index (κ2) is 15.7. The lowest BCUT2D eigenvalue weighted by Crippen LogP contribution is -2.57. The molecule has 1 aromatic carbocycles. The summed E-state index contributed by atoms with van der Waals surface area (Å²) in [6.07, 6.45) is -1.71. The number of rotatable bonds is 7. The highest BCUT2D eigenvalue weighted by molar-refractivity contribution is 7.91. The molecule has 3 saturated carbocycles. The van der Waals surface area contributed by atoms with Crippen LogP contribution < -0.4 is 15.4 Å². The van der Waals surface area contributed by atoms with Crippen molar-refractivity contribution in [1.82, 2.24) is 14.9 Å². The number of fused-ring (bicyclic) bond motifs is 5. The van der Waals surface area contributed by atoms with Gasteiger partial charge in [-0.25, -0.2) is 32.0 Å². The number of hydrogen-bond acceptors (Lipinski definition) is 11. The molecule has 4 amide bonds. The van der Waals surface area contributed by atoms with E-state index in [0.717, 1.165) is 11.0 Å². The molecule has 7 rings (SSSR count). The number of allylic oxidation sites excluding steroid dienone is 1. The van der Waals surface area contributed by atoms with Gasteiger partial charge in [0.2, 0.25) is 34.2 Å². The number of nitrogens with one attached hydrogen (secondary N) is 3. The van der Waals surface area contributed by atoms with Crippen LogP contribution in [0.2, 0.25) is 0 Å². The smallest absolute Gasteiger partial charge is 0.408 e. The summed E-state index contributed by atoms with van der Waals surface area (Å²) >= 11 is 0. The predicted octanol–water partition coefficient (Wildman–Crippen LogP) is 5.39. The van der Waals surface area contributed by atoms with Gasteiger partial charge in [-0.15, -0.1) is 0 Å². The van der Waals surface area contributed by atoms with Crippen molar-refractivity contribution in [3.63, 3.8) is 0 Å². The largest absolute Gasteiger partial charge is 0.473 e. The number of hydrogen-bond donors (Lipinski definition) is 3. The number of nitrogens with zero attached hydrogens (tertiary/aromatic N) is 4. The zero-order valence-electron chi connectivity index (χ0n) is 34.3. The average Bonchev–Trinajstić information content (AvgIpc) is 4.14. The molecule has 0 radical (unpaired) electrons. The summed E-state index contributed by atoms with van der Waals surface area (Å²) in [5, 5.41) is 15.0. The molecule has 3 aliphatic heterocycles. The number of nitriles is 1. The molecule has 15 nitrogen and oxygen atoms in total. The fraction of sp³-hybridized carbons (Fsp3) is 0.634. The minimum atomic E-state index is -4.26. The number of aliphatic imine (C=N–C) groups is 2. The number of alkyl halides is 4. The first-order valence-electron chi connectivity index (χ1n) is 20.4. The van der Waals surface area contributed by atoms with Gasteiger partial charge in [0.15, 0.2) is 6.04 Å². The Morgan fingerprint density at radius 1 is 1.16 bits per heavy atom. The van der Waals surface area contributed by atoms with E-state index in [2.05, 4.69) is 20.6 Å². The number of benzene rings is 1. The maximum atomic E-state index is 16.3. The predicted molar refractivity (Wildman–Crippen MR) is 213 cm³/mol. The summed E-state index contributed by atoms with van der Waals surface area (Å²) in [4.78, 5) is 65.4. The monoisotopic (exact) mass is 875 g/mol. The van der Waals surface area contributed by atoms with Gasteiger partial charge in [-0.05, 0) is 87.5 Å². The number of sulfonamides is 1. The lowest BCUT2D eigenvalue weighted by Gasteiger charge is -2.35. The van der Waals surface area contributed by atoms with E-state index in [1.165, 1.54) is 31.2 Å². The molecular weight excluding hydrogens is 827 g/mol. The Morgan fingerprint density at radius 2 is 1.89 bits per heavy atom. The van der Waals surface area contributed by atoms with Crippen LogP contribution in [0.3, 0.4) is 0 Å². The average molecular weight is 876 g/mol. The molecule has 3 heterocycles. The van der Waals surface area contributed by atoms with Gasteiger partial charge in [0.05, 0.1) is 39.7 Å². The molecule has 0 aromatic heterocycles. The Hall–Kier alpha value is -5.06. The lowest BCUT2D eigenvalue weighted by molar-refractivity contribution is -0.141. The Bertz CT molecular complexity index is 2240. The summed E-state index contributed by atoms with van der Waals surface area (Å²) < 4.78 is 99.4. The number of carbonyl (C=O) groups is 4. The standard InChI is InChI=1S/C41H49F4N7O8S/c1-6-23-28-19-52(29(23)33(53)47-20-40(17-24(40)32(42)43)36(55)51-61(57,58)39(5)13-14-39)35(54)31(38(2,3)4)50-37(56)60-27-16-22(27)9-7-8-12-41(44,45)30-34(59-28)49-26-15-21(18-46)10-11-25(26)48-30/h8,10-12,15,20,22-24,27-32,48H,6-7,9,13-14,16-17,19H2,1-5H3,(H,50,56)(H,51,55)/b12-8+,47-20?/t22-,23-,24+,27-,28+,29+,30?,31-,40-/m1/s1. The number of carbonyl (C=O) groups excluding carboxylic acids is 4. The molecule has 3 aliphatic carbocycles. The van der Waals surface area contributed by atoms with Gasteiger partial charge in [-0.1, -0.05) is 33.8 Å². The molecule has 2 bridgehead atoms. The normalized spacial score (nSPS) is 33.4. The van der Waals surface area contributed by atoms with Crippen molar-refractivity contribution in [1.29, 1.82) is 5.26 Å². The molecule has 6 aliphatic rings. The molecule has 0 spiro atoms. The van der Waals surface area contributed by atoms with Crippen molar-refractivity contribution < 1.29 is 54.6 Å². The first-order valence-corrected chi connectivity index (χ1v) is 21.9. The maximum absolute atomic E-state index is 16.3. The number of halogens is 4. The number of amides is 4. The van der Waals surface area contributed by atoms with E-state index < -0.39 is 123 Å². The highest BCUT2D eigenvalue weighted by Crippen LogP contribution is 2.55. The van der Waals surface area contributed by atoms with Crippen LogP contribution in [0.1, 0.15) is 85.1 Å². The van der Waals surface area contributed by atoms with Gasteiger partial charge in [0, 0.05) is 18.1 Å². The summed E-state index contributed by atoms with van der Waals surface area (Å²) in [7, 11) is -4.26. The SMILES string of the molecule is CC[C@@H]1[C@@H]2CN(C(=O)[C@H](C(C)(C)C)NC(=O)O[C@@H]3C[C@H]3CC/C=C/C(F)(F)C3Nc4ccc(C#N)cc4N=C3O2)[C@@H]1C(=O)N=C[C@]1(C(=O)NS(=O)(=O)C2(C)CC2)C[C@H]1C(F)F. The van der Waals surface area contributed by atoms with Crippen LogP contribution in [0.15, 0.2) is 40.3 Å². The van der Waals surface area contributed by atoms with Crippen molar-refractivity contribution in [2.24, 2.45) is 38.6 Å². The van der Waals surface area contributed by atoms with Crippen LogP contribution in [0.25, 0.3) is 0 Å². The fourth-order valence-electron chi connectivity index (χ4n) is 8.30. The molecule has 1 aromatic rings. The first-order chi connectivity index (χ1) is 28.5. The zero-order valence-corrected chi connectivity index (χ0v) is 35.1. The molecule has 4 fully saturated rings. The van der Waals surface area contributed by atoms with E-state index in [-0.39, 0.29) is 48.5 Å². The molecule has 1 saturated heterocycles. The molecule has 9 atom stereocenters. The molecule has 20 heteroatoms. The van der Waals surface area contributed by atoms with Crippen molar-refractivity contribution >= 4 is 57.3 Å². The summed E-state index contributed by atoms with van der Waals surface area (Å²) in [5.74, 6) is -10.0. The van der Waals surface area contributed by atoms with Crippen molar-refractivity contribution in [2.75, 3.05) is 11.9 Å². The Labute approximate surface area is 350 Å². The molecule has 1 unspecified atom stereocenters. The Kier molecular flexibility index (Phi) is 11.3. The number of anilines is 1. The lowest BCUT2D eigenvalue weighted by atomic mass is 9.85. The van der Waals surface area contributed by atoms with Crippen LogP contribution in [-0.2, 0) is 33.9 Å². The van der Waals surface area contributed by atoms with Gasteiger partial charge < -0.3 is 25.0 Å². The third kappa shape index (κ3) is 8.58. The molecular formula is C41H49F4N7O8S. The van der Waals surface area contributed by atoms with Crippen molar-refractivity contribution in [2.45, 2.75) is 127 Å². The highest BCUT2D eigenvalue weighted by Gasteiger charge is 2.65. The minimum Gasteiger partial charge on any atom is -0.473 e. The fourth-order valence-corrected chi connectivity index (χ4v) is 9.62. The summed E-state index contributed by atoms with van der Waals surface area (Å²) in [6.45, 7) is 7.65. The minimum absolute atomic E-state index is 0.0675. The van der Waals surface area contributed by atoms with Gasteiger partial charge >= 0.3 is 6.09 Å². The number of ether oxygens (including phenoxy) is 2. The highest BCUT2D eigenvalue weighted by atomic mass is 32.2. The van der Waals surface area contributed by atoms with Gasteiger partial charge in [0.1, 0.15) is 24.3 Å². The van der Waals surface area contributed by atoms with Crippen molar-refractivity contribution in [3.05, 3.63) is 35.9 Å². The van der Waals surface area contributed by atoms with Crippen LogP contribution >= 0.6 is 0 Å². The Balaban J connectivity index is 1.28. The topological polar surface area (TPSA) is 209 Å². The molecule has 61 heavy (non-hydrogen) atoms. The molecule has 3 N–H and O–H groups in total. The van der Waals surface area contributed by atoms with E-state index in [1.807, 2.05) is 10.8 Å². The zero-order chi connectivity index (χ0) is 44.4. The van der Waals surface area contributed by atoms with E-state index in [1.54, 1.807) is 27.7 Å². The van der Waals surface area contributed by atoms with Gasteiger partial charge in [-0.2, -0.15) is 14.0 Å². The van der Waals surface area contributed by atoms with E-state index >= 15 is 8.78 Å². The van der Waals surface area contributed by atoms with Gasteiger partial charge in [0.25, 0.3) is 11.8 Å². The maximum Gasteiger partial charge on any atom is 0.408 e. The second-order valence-corrected chi connectivity index (χ2v) is 20.4. The summed E-state index contributed by atoms with van der Waals surface area (Å²) in [6, 6.07) is 1.49. The van der Waals surface area contributed by atoms with Crippen LogP contribution in [0.4, 0.5) is 33.7 Å². The Morgan fingerprint density at radius 3 is 2.51 bits per heavy atom. The van der Waals surface area contributed by atoms with Crippen LogP contribution in [0, 0.1) is 39.9 Å². The van der Waals surface area contributed by atoms with Crippen LogP contribution in [-0.4, -0.2) is 103 Å². The van der Waals surface area contributed by atoms with Crippen LogP contribution in [0.5, 0.6) is 0 Å².